The molecule has 1 N–H and O–H groups in total. The van der Waals surface area contributed by atoms with Crippen LogP contribution in [0.5, 0.6) is 5.75 Å². The molecule has 0 aliphatic carbocycles. The summed E-state index contributed by atoms with van der Waals surface area (Å²) in [6, 6.07) is 7.50. The van der Waals surface area contributed by atoms with Gasteiger partial charge >= 0.3 is 5.97 Å². The smallest absolute Gasteiger partial charge is 0.333 e. The molecule has 0 saturated carbocycles. The highest BCUT2D eigenvalue weighted by Gasteiger charge is 2.17. The van der Waals surface area contributed by atoms with Crippen molar-refractivity contribution in [2.45, 2.75) is 39.7 Å². The normalized spacial score (nSPS) is 13.3. The van der Waals surface area contributed by atoms with Crippen LogP contribution in [0.3, 0.4) is 0 Å². The van der Waals surface area contributed by atoms with E-state index in [1.54, 1.807) is 6.92 Å². The fraction of sp³-hybridized carbons (Fsp3) is 0.421. The minimum Gasteiger partial charge on any atom is -0.493 e. The molecule has 0 unspecified atom stereocenters. The second-order valence-corrected chi connectivity index (χ2v) is 5.09. The Labute approximate surface area is 138 Å². The lowest BCUT2D eigenvalue weighted by atomic mass is 10.1. The first-order valence-corrected chi connectivity index (χ1v) is 7.94. The quantitative estimate of drug-likeness (QED) is 0.662. The zero-order valence-electron chi connectivity index (χ0n) is 14.1. The summed E-state index contributed by atoms with van der Waals surface area (Å²) in [5.74, 6) is -0.150. The molecular weight excluding hydrogens is 292 g/mol. The number of carbonyl (C=O) groups is 1. The Morgan fingerprint density at radius 2 is 1.96 bits per heavy atom. The first-order chi connectivity index (χ1) is 11.1. The van der Waals surface area contributed by atoms with Gasteiger partial charge in [-0.25, -0.2) is 4.79 Å². The number of hydrogen-bond donors (Lipinski definition) is 1. The topological polar surface area (TPSA) is 55.8 Å². The van der Waals surface area contributed by atoms with Crippen LogP contribution in [0.4, 0.5) is 0 Å². The summed E-state index contributed by atoms with van der Waals surface area (Å²) in [7, 11) is 0. The Kier molecular flexibility index (Phi) is 8.76. The van der Waals surface area contributed by atoms with E-state index in [0.717, 1.165) is 17.7 Å². The predicted octanol–water partition coefficient (Wildman–Crippen LogP) is 4.01. The highest BCUT2D eigenvalue weighted by Crippen LogP contribution is 2.15. The van der Waals surface area contributed by atoms with E-state index in [9.17, 15) is 4.79 Å². The van der Waals surface area contributed by atoms with Gasteiger partial charge in [0.05, 0.1) is 6.61 Å². The maximum atomic E-state index is 11.1. The number of hydrogen-bond acceptors (Lipinski definition) is 3. The minimum absolute atomic E-state index is 0.355. The molecule has 1 aromatic carbocycles. The van der Waals surface area contributed by atoms with Gasteiger partial charge in [-0.1, -0.05) is 30.4 Å². The van der Waals surface area contributed by atoms with E-state index >= 15 is 0 Å². The highest BCUT2D eigenvalue weighted by atomic mass is 16.5. The van der Waals surface area contributed by atoms with Crippen LogP contribution in [-0.4, -0.2) is 30.4 Å². The van der Waals surface area contributed by atoms with Gasteiger partial charge in [-0.05, 0) is 44.0 Å². The minimum atomic E-state index is -0.935. The summed E-state index contributed by atoms with van der Waals surface area (Å²) >= 11 is 0. The van der Waals surface area contributed by atoms with Crippen molar-refractivity contribution in [2.75, 3.05) is 13.2 Å². The number of benzene rings is 1. The molecule has 1 rings (SSSR count). The standard InChI is InChI=1S/C19H26O4/c1-4-7-15(5-2)12-13-23-17-10-8-16(9-11-17)14-18(19(20)21)22-6-3/h4-5,7-11,18H,6,12-14H2,1-3H3,(H,20,21)/b7-4-,15-5+/t18-/m0/s1. The molecule has 1 aromatic rings. The molecule has 1 atom stereocenters. The van der Waals surface area contributed by atoms with Crippen molar-refractivity contribution >= 4 is 5.97 Å². The van der Waals surface area contributed by atoms with Crippen molar-refractivity contribution < 1.29 is 19.4 Å². The zero-order chi connectivity index (χ0) is 17.1. The first-order valence-electron chi connectivity index (χ1n) is 7.94. The molecule has 0 aromatic heterocycles. The van der Waals surface area contributed by atoms with Crippen LogP contribution < -0.4 is 4.74 Å². The third kappa shape index (κ3) is 7.15. The van der Waals surface area contributed by atoms with Crippen molar-refractivity contribution in [2.24, 2.45) is 0 Å². The van der Waals surface area contributed by atoms with Gasteiger partial charge < -0.3 is 14.6 Å². The van der Waals surface area contributed by atoms with Crippen LogP contribution in [0.15, 0.2) is 48.1 Å². The van der Waals surface area contributed by atoms with Gasteiger partial charge in [0.2, 0.25) is 0 Å². The van der Waals surface area contributed by atoms with Gasteiger partial charge in [0.15, 0.2) is 6.10 Å². The van der Waals surface area contributed by atoms with E-state index < -0.39 is 12.1 Å². The molecule has 0 radical (unpaired) electrons. The van der Waals surface area contributed by atoms with Crippen molar-refractivity contribution in [3.8, 4) is 5.75 Å². The molecule has 23 heavy (non-hydrogen) atoms. The molecule has 0 fully saturated rings. The number of aliphatic carboxylic acids is 1. The molecule has 126 valence electrons. The molecule has 0 bridgehead atoms. The second kappa shape index (κ2) is 10.6. The third-order valence-corrected chi connectivity index (χ3v) is 3.40. The zero-order valence-corrected chi connectivity index (χ0v) is 14.1. The molecule has 0 heterocycles. The van der Waals surface area contributed by atoms with Crippen LogP contribution in [0.2, 0.25) is 0 Å². The van der Waals surface area contributed by atoms with Crippen molar-refractivity contribution in [1.29, 1.82) is 0 Å². The van der Waals surface area contributed by atoms with Crippen LogP contribution in [0.25, 0.3) is 0 Å². The molecule has 0 spiro atoms. The van der Waals surface area contributed by atoms with Gasteiger partial charge in [0.25, 0.3) is 0 Å². The van der Waals surface area contributed by atoms with Crippen molar-refractivity contribution in [3.63, 3.8) is 0 Å². The lowest BCUT2D eigenvalue weighted by Gasteiger charge is -2.13. The maximum absolute atomic E-state index is 11.1. The Bertz CT molecular complexity index is 529. The van der Waals surface area contributed by atoms with Crippen molar-refractivity contribution in [1.82, 2.24) is 0 Å². The molecule has 0 amide bonds. The van der Waals surface area contributed by atoms with E-state index in [-0.39, 0.29) is 0 Å². The average Bonchev–Trinajstić information content (AvgIpc) is 2.55. The monoisotopic (exact) mass is 318 g/mol. The van der Waals surface area contributed by atoms with E-state index in [2.05, 4.69) is 12.2 Å². The summed E-state index contributed by atoms with van der Waals surface area (Å²) in [6.45, 7) is 6.80. The highest BCUT2D eigenvalue weighted by molar-refractivity contribution is 5.72. The first kappa shape index (κ1) is 19.0. The van der Waals surface area contributed by atoms with Gasteiger partial charge in [-0.3, -0.25) is 0 Å². The average molecular weight is 318 g/mol. The van der Waals surface area contributed by atoms with E-state index in [1.807, 2.05) is 44.2 Å². The van der Waals surface area contributed by atoms with Crippen LogP contribution >= 0.6 is 0 Å². The third-order valence-electron chi connectivity index (χ3n) is 3.40. The number of allylic oxidation sites excluding steroid dienone is 3. The lowest BCUT2D eigenvalue weighted by molar-refractivity contribution is -0.149. The fourth-order valence-corrected chi connectivity index (χ4v) is 2.18. The van der Waals surface area contributed by atoms with Gasteiger partial charge in [0.1, 0.15) is 5.75 Å². The van der Waals surface area contributed by atoms with Gasteiger partial charge in [-0.2, -0.15) is 0 Å². The number of ether oxygens (including phenoxy) is 2. The summed E-state index contributed by atoms with van der Waals surface area (Å²) in [6.07, 6.45) is 6.58. The summed E-state index contributed by atoms with van der Waals surface area (Å²) in [5, 5.41) is 9.09. The molecule has 0 saturated heterocycles. The SMILES string of the molecule is C/C=C\C(=C/C)CCOc1ccc(C[C@H](OCC)C(=O)O)cc1. The number of carboxylic acids is 1. The van der Waals surface area contributed by atoms with E-state index in [0.29, 0.717) is 19.6 Å². The summed E-state index contributed by atoms with van der Waals surface area (Å²) in [4.78, 5) is 11.1. The lowest BCUT2D eigenvalue weighted by Crippen LogP contribution is -2.26. The fourth-order valence-electron chi connectivity index (χ4n) is 2.18. The van der Waals surface area contributed by atoms with E-state index in [1.165, 1.54) is 5.57 Å². The van der Waals surface area contributed by atoms with Crippen LogP contribution in [0.1, 0.15) is 32.8 Å². The maximum Gasteiger partial charge on any atom is 0.333 e. The second-order valence-electron chi connectivity index (χ2n) is 5.09. The Balaban J connectivity index is 2.51. The number of rotatable bonds is 10. The van der Waals surface area contributed by atoms with Gasteiger partial charge in [0, 0.05) is 19.4 Å². The summed E-state index contributed by atoms with van der Waals surface area (Å²) in [5.41, 5.74) is 2.16. The number of carboxylic acid groups (broad SMARTS) is 1. The summed E-state index contributed by atoms with van der Waals surface area (Å²) < 4.78 is 10.9. The molecule has 0 aliphatic rings. The molecule has 4 heteroatoms. The Morgan fingerprint density at radius 1 is 1.26 bits per heavy atom. The Morgan fingerprint density at radius 3 is 2.48 bits per heavy atom. The molecule has 4 nitrogen and oxygen atoms in total. The molecule has 0 aliphatic heterocycles. The van der Waals surface area contributed by atoms with Crippen LogP contribution in [0, 0.1) is 0 Å². The van der Waals surface area contributed by atoms with Crippen LogP contribution in [-0.2, 0) is 16.0 Å². The van der Waals surface area contributed by atoms with E-state index in [4.69, 9.17) is 14.6 Å². The molecular formula is C19H26O4. The van der Waals surface area contributed by atoms with Gasteiger partial charge in [-0.15, -0.1) is 0 Å². The van der Waals surface area contributed by atoms with Crippen molar-refractivity contribution in [3.05, 3.63) is 53.6 Å². The predicted molar refractivity (Wildman–Crippen MR) is 91.9 cm³/mol. The largest absolute Gasteiger partial charge is 0.493 e. The Hall–Kier alpha value is -2.07.